The normalized spacial score (nSPS) is 12.5. The van der Waals surface area contributed by atoms with Crippen LogP contribution in [0.1, 0.15) is 24.2 Å². The number of pyridine rings is 1. The Labute approximate surface area is 168 Å². The first-order valence-corrected chi connectivity index (χ1v) is 9.58. The fourth-order valence-corrected chi connectivity index (χ4v) is 3.84. The number of ether oxygens (including phenoxy) is 1. The summed E-state index contributed by atoms with van der Waals surface area (Å²) in [6, 6.07) is 14.2. The number of nitrogens with one attached hydrogen (secondary N) is 1. The summed E-state index contributed by atoms with van der Waals surface area (Å²) in [6.07, 6.45) is 5.50. The summed E-state index contributed by atoms with van der Waals surface area (Å²) in [4.78, 5) is 4.50. The minimum absolute atomic E-state index is 0.118. The van der Waals surface area contributed by atoms with Gasteiger partial charge in [0, 0.05) is 41.3 Å². The Balaban J connectivity index is 1.52. The van der Waals surface area contributed by atoms with Gasteiger partial charge in [-0.15, -0.1) is 0 Å². The molecule has 29 heavy (non-hydrogen) atoms. The topological polar surface area (TPSA) is 68.6 Å². The summed E-state index contributed by atoms with van der Waals surface area (Å²) in [5, 5.41) is 14.0. The second-order valence-corrected chi connectivity index (χ2v) is 7.31. The van der Waals surface area contributed by atoms with E-state index in [0.717, 1.165) is 44.4 Å². The number of benzene rings is 2. The first-order chi connectivity index (χ1) is 14.1. The molecule has 6 heteroatoms. The van der Waals surface area contributed by atoms with Crippen LogP contribution in [0.4, 0.5) is 0 Å². The van der Waals surface area contributed by atoms with Crippen LogP contribution in [0.15, 0.2) is 61.1 Å². The highest BCUT2D eigenvalue weighted by molar-refractivity contribution is 5.93. The quantitative estimate of drug-likeness (QED) is 0.476. The molecular weight excluding hydrogens is 362 g/mol. The van der Waals surface area contributed by atoms with Crippen LogP contribution in [-0.4, -0.2) is 25.0 Å². The molecule has 0 aliphatic heterocycles. The largest absolute Gasteiger partial charge is 0.486 e. The number of aryl methyl sites for hydroxylation is 2. The number of aromatic amines is 1. The number of nitrogens with zero attached hydrogens (tertiary/aromatic N) is 4. The van der Waals surface area contributed by atoms with Crippen LogP contribution in [0, 0.1) is 6.92 Å². The molecule has 0 saturated heterocycles. The lowest BCUT2D eigenvalue weighted by Crippen LogP contribution is -2.04. The van der Waals surface area contributed by atoms with Crippen molar-refractivity contribution in [2.75, 3.05) is 0 Å². The number of hydrogen-bond acceptors (Lipinski definition) is 4. The van der Waals surface area contributed by atoms with Gasteiger partial charge >= 0.3 is 0 Å². The van der Waals surface area contributed by atoms with Gasteiger partial charge in [-0.2, -0.15) is 10.2 Å². The van der Waals surface area contributed by atoms with Gasteiger partial charge in [-0.3, -0.25) is 14.8 Å². The molecule has 0 fully saturated rings. The molecule has 1 unspecified atom stereocenters. The summed E-state index contributed by atoms with van der Waals surface area (Å²) < 4.78 is 8.12. The van der Waals surface area contributed by atoms with Crippen LogP contribution in [0.5, 0.6) is 5.75 Å². The van der Waals surface area contributed by atoms with Crippen molar-refractivity contribution < 1.29 is 4.74 Å². The molecule has 0 bridgehead atoms. The summed E-state index contributed by atoms with van der Waals surface area (Å²) in [5.74, 6) is 0.801. The van der Waals surface area contributed by atoms with Crippen molar-refractivity contribution in [3.05, 3.63) is 72.2 Å². The Hall–Kier alpha value is -3.67. The van der Waals surface area contributed by atoms with Crippen LogP contribution in [0.25, 0.3) is 33.1 Å². The van der Waals surface area contributed by atoms with E-state index in [0.29, 0.717) is 0 Å². The number of rotatable bonds is 4. The van der Waals surface area contributed by atoms with Crippen molar-refractivity contribution in [1.82, 2.24) is 25.0 Å². The monoisotopic (exact) mass is 383 g/mol. The van der Waals surface area contributed by atoms with Gasteiger partial charge in [0.05, 0.1) is 17.2 Å². The van der Waals surface area contributed by atoms with Crippen molar-refractivity contribution in [3.8, 4) is 17.0 Å². The predicted octanol–water partition coefficient (Wildman–Crippen LogP) is 4.96. The van der Waals surface area contributed by atoms with Crippen LogP contribution < -0.4 is 4.74 Å². The molecule has 0 radical (unpaired) electrons. The Morgan fingerprint density at radius 1 is 1.14 bits per heavy atom. The molecule has 144 valence electrons. The maximum atomic E-state index is 6.35. The van der Waals surface area contributed by atoms with E-state index in [1.807, 2.05) is 62.0 Å². The van der Waals surface area contributed by atoms with Gasteiger partial charge in [0.25, 0.3) is 0 Å². The molecule has 0 aliphatic carbocycles. The maximum absolute atomic E-state index is 6.35. The van der Waals surface area contributed by atoms with Crippen molar-refractivity contribution in [2.45, 2.75) is 20.0 Å². The zero-order valence-electron chi connectivity index (χ0n) is 16.5. The average molecular weight is 383 g/mol. The van der Waals surface area contributed by atoms with Gasteiger partial charge in [-0.1, -0.05) is 12.1 Å². The van der Waals surface area contributed by atoms with Crippen LogP contribution in [0.2, 0.25) is 0 Å². The molecule has 6 nitrogen and oxygen atoms in total. The fourth-order valence-electron chi connectivity index (χ4n) is 3.84. The molecule has 3 aromatic heterocycles. The average Bonchev–Trinajstić information content (AvgIpc) is 3.33. The van der Waals surface area contributed by atoms with E-state index in [4.69, 9.17) is 4.74 Å². The van der Waals surface area contributed by atoms with E-state index >= 15 is 0 Å². The Kier molecular flexibility index (Phi) is 4.05. The van der Waals surface area contributed by atoms with E-state index in [2.05, 4.69) is 40.2 Å². The Morgan fingerprint density at radius 2 is 2.03 bits per heavy atom. The molecule has 0 aliphatic rings. The van der Waals surface area contributed by atoms with Gasteiger partial charge in [0.2, 0.25) is 0 Å². The molecule has 2 aromatic carbocycles. The van der Waals surface area contributed by atoms with Crippen LogP contribution in [0.3, 0.4) is 0 Å². The summed E-state index contributed by atoms with van der Waals surface area (Å²) >= 11 is 0. The third-order valence-corrected chi connectivity index (χ3v) is 5.27. The molecule has 1 atom stereocenters. The van der Waals surface area contributed by atoms with Crippen molar-refractivity contribution in [2.24, 2.45) is 7.05 Å². The highest BCUT2D eigenvalue weighted by atomic mass is 16.5. The Morgan fingerprint density at radius 3 is 2.86 bits per heavy atom. The Bertz CT molecular complexity index is 1330. The van der Waals surface area contributed by atoms with E-state index < -0.39 is 0 Å². The SMILES string of the molecule is Cc1ccnc2cccc(C(C)Oc3ccc4[nH]nc(-c5cnn(C)c5)c4c3)c12. The van der Waals surface area contributed by atoms with Crippen LogP contribution >= 0.6 is 0 Å². The van der Waals surface area contributed by atoms with Crippen molar-refractivity contribution >= 4 is 21.8 Å². The lowest BCUT2D eigenvalue weighted by atomic mass is 10.0. The van der Waals surface area contributed by atoms with E-state index in [-0.39, 0.29) is 6.10 Å². The second kappa shape index (κ2) is 6.74. The highest BCUT2D eigenvalue weighted by Gasteiger charge is 2.15. The minimum Gasteiger partial charge on any atom is -0.486 e. The summed E-state index contributed by atoms with van der Waals surface area (Å²) in [7, 11) is 1.90. The molecular formula is C23H21N5O. The lowest BCUT2D eigenvalue weighted by molar-refractivity contribution is 0.229. The first-order valence-electron chi connectivity index (χ1n) is 9.58. The molecule has 1 N–H and O–H groups in total. The number of H-pyrrole nitrogens is 1. The smallest absolute Gasteiger partial charge is 0.122 e. The number of aromatic nitrogens is 5. The third kappa shape index (κ3) is 3.02. The second-order valence-electron chi connectivity index (χ2n) is 7.31. The molecule has 0 spiro atoms. The minimum atomic E-state index is -0.118. The van der Waals surface area contributed by atoms with Crippen LogP contribution in [-0.2, 0) is 7.05 Å². The highest BCUT2D eigenvalue weighted by Crippen LogP contribution is 2.33. The third-order valence-electron chi connectivity index (χ3n) is 5.27. The first kappa shape index (κ1) is 17.4. The van der Waals surface area contributed by atoms with Crippen molar-refractivity contribution in [1.29, 1.82) is 0 Å². The zero-order chi connectivity index (χ0) is 20.0. The predicted molar refractivity (Wildman–Crippen MR) is 114 cm³/mol. The summed E-state index contributed by atoms with van der Waals surface area (Å²) in [6.45, 7) is 4.18. The number of hydrogen-bond donors (Lipinski definition) is 1. The molecule has 5 rings (SSSR count). The van der Waals surface area contributed by atoms with Gasteiger partial charge in [0.1, 0.15) is 17.5 Å². The van der Waals surface area contributed by atoms with Crippen molar-refractivity contribution in [3.63, 3.8) is 0 Å². The fraction of sp³-hybridized carbons (Fsp3) is 0.174. The molecule has 5 aromatic rings. The van der Waals surface area contributed by atoms with E-state index in [1.54, 1.807) is 4.68 Å². The van der Waals surface area contributed by atoms with Gasteiger partial charge in [0.15, 0.2) is 0 Å². The van der Waals surface area contributed by atoms with Gasteiger partial charge in [-0.25, -0.2) is 0 Å². The summed E-state index contributed by atoms with van der Waals surface area (Å²) in [5.41, 5.74) is 6.13. The molecule has 3 heterocycles. The van der Waals surface area contributed by atoms with E-state index in [9.17, 15) is 0 Å². The van der Waals surface area contributed by atoms with Gasteiger partial charge < -0.3 is 4.74 Å². The van der Waals surface area contributed by atoms with E-state index in [1.165, 1.54) is 5.56 Å². The zero-order valence-corrected chi connectivity index (χ0v) is 16.5. The number of fused-ring (bicyclic) bond motifs is 2. The molecule has 0 saturated carbocycles. The lowest BCUT2D eigenvalue weighted by Gasteiger charge is -2.18. The molecule has 0 amide bonds. The maximum Gasteiger partial charge on any atom is 0.122 e. The standard InChI is InChI=1S/C23H21N5O/c1-14-9-10-24-21-6-4-5-18(22(14)21)15(2)29-17-7-8-20-19(11-17)23(27-26-20)16-12-25-28(3)13-16/h4-13,15H,1-3H3,(H,26,27). The van der Waals surface area contributed by atoms with Gasteiger partial charge in [-0.05, 0) is 49.7 Å².